The van der Waals surface area contributed by atoms with Crippen molar-refractivity contribution in [2.45, 2.75) is 43.3 Å². The Bertz CT molecular complexity index is 637. The van der Waals surface area contributed by atoms with Crippen LogP contribution in [0.3, 0.4) is 0 Å². The number of sulfonamides is 1. The lowest BCUT2D eigenvalue weighted by atomic mass is 9.95. The minimum absolute atomic E-state index is 0.159. The fraction of sp³-hybridized carbons (Fsp3) is 0.769. The molecule has 0 N–H and O–H groups in total. The van der Waals surface area contributed by atoms with Gasteiger partial charge >= 0.3 is 6.18 Å². The van der Waals surface area contributed by atoms with E-state index in [2.05, 4.69) is 5.10 Å². The van der Waals surface area contributed by atoms with E-state index in [1.54, 1.807) is 0 Å². The summed E-state index contributed by atoms with van der Waals surface area (Å²) in [5.41, 5.74) is 0. The monoisotopic (exact) mass is 337 g/mol. The van der Waals surface area contributed by atoms with E-state index in [1.165, 1.54) is 4.31 Å². The molecule has 0 amide bonds. The zero-order valence-corrected chi connectivity index (χ0v) is 12.8. The van der Waals surface area contributed by atoms with Crippen molar-refractivity contribution in [1.82, 2.24) is 14.1 Å². The highest BCUT2D eigenvalue weighted by atomic mass is 32.2. The van der Waals surface area contributed by atoms with Crippen molar-refractivity contribution in [1.29, 1.82) is 0 Å². The smallest absolute Gasteiger partial charge is 0.262 e. The minimum atomic E-state index is -4.42. The summed E-state index contributed by atoms with van der Waals surface area (Å²) in [6.07, 6.45) is 1.69. The molecule has 0 radical (unpaired) electrons. The van der Waals surface area contributed by atoms with Gasteiger partial charge in [0, 0.05) is 19.3 Å². The molecular weight excluding hydrogens is 319 g/mol. The quantitative estimate of drug-likeness (QED) is 0.847. The molecule has 22 heavy (non-hydrogen) atoms. The molecule has 1 saturated carbocycles. The first-order valence-corrected chi connectivity index (χ1v) is 8.79. The van der Waals surface area contributed by atoms with Crippen molar-refractivity contribution in [3.63, 3.8) is 0 Å². The molecule has 9 heteroatoms. The molecule has 124 valence electrons. The van der Waals surface area contributed by atoms with Gasteiger partial charge in [0.15, 0.2) is 0 Å². The molecule has 1 unspecified atom stereocenters. The molecule has 5 nitrogen and oxygen atoms in total. The van der Waals surface area contributed by atoms with Crippen LogP contribution in [-0.2, 0) is 16.6 Å². The van der Waals surface area contributed by atoms with E-state index < -0.39 is 22.7 Å². The van der Waals surface area contributed by atoms with Crippen molar-refractivity contribution in [2.75, 3.05) is 13.1 Å². The van der Waals surface area contributed by atoms with Crippen LogP contribution in [0.2, 0.25) is 0 Å². The first-order valence-electron chi connectivity index (χ1n) is 7.35. The summed E-state index contributed by atoms with van der Waals surface area (Å²) in [5.74, 6) is 1.000. The van der Waals surface area contributed by atoms with Gasteiger partial charge in [0.1, 0.15) is 11.4 Å². The summed E-state index contributed by atoms with van der Waals surface area (Å²) >= 11 is 0. The van der Waals surface area contributed by atoms with Crippen molar-refractivity contribution in [3.8, 4) is 0 Å². The van der Waals surface area contributed by atoms with Gasteiger partial charge in [0.25, 0.3) is 0 Å². The van der Waals surface area contributed by atoms with E-state index >= 15 is 0 Å². The van der Waals surface area contributed by atoms with Crippen LogP contribution in [0.4, 0.5) is 13.2 Å². The second-order valence-corrected chi connectivity index (χ2v) is 8.03. The number of piperidine rings is 1. The third kappa shape index (κ3) is 3.45. The van der Waals surface area contributed by atoms with Gasteiger partial charge in [-0.25, -0.2) is 8.42 Å². The Labute approximate surface area is 127 Å². The lowest BCUT2D eigenvalue weighted by Crippen LogP contribution is -2.40. The molecule has 2 heterocycles. The van der Waals surface area contributed by atoms with Gasteiger partial charge in [0.05, 0.1) is 6.20 Å². The summed E-state index contributed by atoms with van der Waals surface area (Å²) in [4.78, 5) is -0.159. The number of halogens is 3. The molecule has 1 atom stereocenters. The molecule has 2 fully saturated rings. The molecule has 1 saturated heterocycles. The molecule has 2 aliphatic rings. The van der Waals surface area contributed by atoms with Crippen LogP contribution in [0.5, 0.6) is 0 Å². The number of alkyl halides is 3. The van der Waals surface area contributed by atoms with Crippen molar-refractivity contribution in [3.05, 3.63) is 12.4 Å². The second kappa shape index (κ2) is 5.52. The average Bonchev–Trinajstić information content (AvgIpc) is 3.18. The van der Waals surface area contributed by atoms with E-state index in [4.69, 9.17) is 0 Å². The number of rotatable bonds is 4. The lowest BCUT2D eigenvalue weighted by Gasteiger charge is -2.31. The molecule has 1 aliphatic heterocycles. The van der Waals surface area contributed by atoms with Gasteiger partial charge in [-0.2, -0.15) is 22.6 Å². The largest absolute Gasteiger partial charge is 0.408 e. The number of nitrogens with zero attached hydrogens (tertiary/aromatic N) is 3. The van der Waals surface area contributed by atoms with E-state index in [9.17, 15) is 21.6 Å². The number of aromatic nitrogens is 2. The summed E-state index contributed by atoms with van der Waals surface area (Å²) in [5, 5.41) is 3.52. The Kier molecular flexibility index (Phi) is 3.96. The zero-order valence-electron chi connectivity index (χ0n) is 12.0. The van der Waals surface area contributed by atoms with Crippen LogP contribution >= 0.6 is 0 Å². The number of hydrogen-bond donors (Lipinski definition) is 0. The van der Waals surface area contributed by atoms with Gasteiger partial charge in [-0.05, 0) is 37.5 Å². The van der Waals surface area contributed by atoms with Crippen LogP contribution in [0.1, 0.15) is 25.7 Å². The Balaban J connectivity index is 1.74. The first kappa shape index (κ1) is 15.8. The Morgan fingerprint density at radius 1 is 1.23 bits per heavy atom. The van der Waals surface area contributed by atoms with Crippen molar-refractivity contribution >= 4 is 10.0 Å². The van der Waals surface area contributed by atoms with Gasteiger partial charge in [0.2, 0.25) is 10.0 Å². The first-order chi connectivity index (χ1) is 10.3. The van der Waals surface area contributed by atoms with Gasteiger partial charge < -0.3 is 0 Å². The maximum absolute atomic E-state index is 12.5. The highest BCUT2D eigenvalue weighted by Crippen LogP contribution is 2.41. The normalized spacial score (nSPS) is 24.6. The van der Waals surface area contributed by atoms with Gasteiger partial charge in [-0.3, -0.25) is 4.68 Å². The van der Waals surface area contributed by atoms with E-state index in [1.807, 2.05) is 0 Å². The molecule has 1 aliphatic carbocycles. The molecule has 0 spiro atoms. The molecular formula is C13H18F3N3O2S. The van der Waals surface area contributed by atoms with Gasteiger partial charge in [-0.15, -0.1) is 0 Å². The fourth-order valence-corrected chi connectivity index (χ4v) is 4.53. The third-order valence-corrected chi connectivity index (χ3v) is 6.12. The van der Waals surface area contributed by atoms with E-state index in [0.29, 0.717) is 29.6 Å². The van der Waals surface area contributed by atoms with E-state index in [-0.39, 0.29) is 4.90 Å². The Morgan fingerprint density at radius 2 is 1.95 bits per heavy atom. The van der Waals surface area contributed by atoms with Crippen molar-refractivity contribution < 1.29 is 21.6 Å². The molecule has 0 bridgehead atoms. The maximum atomic E-state index is 12.5. The maximum Gasteiger partial charge on any atom is 0.408 e. The second-order valence-electron chi connectivity index (χ2n) is 6.09. The average molecular weight is 337 g/mol. The molecule has 3 rings (SSSR count). The Morgan fingerprint density at radius 3 is 2.59 bits per heavy atom. The highest BCUT2D eigenvalue weighted by Gasteiger charge is 2.38. The van der Waals surface area contributed by atoms with Crippen LogP contribution in [0.15, 0.2) is 17.3 Å². The predicted molar refractivity (Wildman–Crippen MR) is 72.5 cm³/mol. The standard InChI is InChI=1S/C13H18F3N3O2S/c14-13(15,16)9-18-8-12(6-17-18)22(20,21)19-5-1-2-11(7-19)10-3-4-10/h6,8,10-11H,1-5,7,9H2. The summed E-state index contributed by atoms with van der Waals surface area (Å²) in [6, 6.07) is 0. The third-order valence-electron chi connectivity index (χ3n) is 4.30. The predicted octanol–water partition coefficient (Wildman–Crippen LogP) is 2.26. The van der Waals surface area contributed by atoms with Crippen LogP contribution in [0.25, 0.3) is 0 Å². The zero-order chi connectivity index (χ0) is 16.0. The topological polar surface area (TPSA) is 55.2 Å². The summed E-state index contributed by atoms with van der Waals surface area (Å²) in [6.45, 7) is -0.388. The Hall–Kier alpha value is -1.09. The van der Waals surface area contributed by atoms with Crippen LogP contribution in [0, 0.1) is 11.8 Å². The van der Waals surface area contributed by atoms with Crippen LogP contribution in [-0.4, -0.2) is 41.8 Å². The summed E-state index contributed by atoms with van der Waals surface area (Å²) in [7, 11) is -3.75. The lowest BCUT2D eigenvalue weighted by molar-refractivity contribution is -0.142. The number of hydrogen-bond acceptors (Lipinski definition) is 3. The molecule has 1 aromatic heterocycles. The van der Waals surface area contributed by atoms with Crippen molar-refractivity contribution in [2.24, 2.45) is 11.8 Å². The molecule has 0 aromatic carbocycles. The van der Waals surface area contributed by atoms with Crippen LogP contribution < -0.4 is 0 Å². The van der Waals surface area contributed by atoms with Gasteiger partial charge in [-0.1, -0.05) is 0 Å². The SMILES string of the molecule is O=S(=O)(c1cnn(CC(F)(F)F)c1)N1CCCC(C2CC2)C1. The highest BCUT2D eigenvalue weighted by molar-refractivity contribution is 7.89. The fourth-order valence-electron chi connectivity index (χ4n) is 3.04. The summed E-state index contributed by atoms with van der Waals surface area (Å²) < 4.78 is 64.1. The minimum Gasteiger partial charge on any atom is -0.262 e. The molecule has 1 aromatic rings. The van der Waals surface area contributed by atoms with E-state index in [0.717, 1.165) is 38.1 Å².